The summed E-state index contributed by atoms with van der Waals surface area (Å²) < 4.78 is 5.32. The fraction of sp³-hybridized carbons (Fsp3) is 0.444. The maximum atomic E-state index is 12.8. The summed E-state index contributed by atoms with van der Waals surface area (Å²) in [7, 11) is 0. The predicted octanol–water partition coefficient (Wildman–Crippen LogP) is 2.11. The highest BCUT2D eigenvalue weighted by atomic mass is 16.5. The van der Waals surface area contributed by atoms with Crippen molar-refractivity contribution in [3.05, 3.63) is 35.5 Å². The molecule has 0 radical (unpaired) electrons. The van der Waals surface area contributed by atoms with Crippen molar-refractivity contribution in [3.63, 3.8) is 0 Å². The minimum absolute atomic E-state index is 0.0608. The third-order valence-corrected chi connectivity index (χ3v) is 4.61. The fourth-order valence-corrected chi connectivity index (χ4v) is 3.34. The summed E-state index contributed by atoms with van der Waals surface area (Å²) in [5, 5.41) is 10.2. The molecule has 24 heavy (non-hydrogen) atoms. The number of H-pyrrole nitrogens is 1. The first kappa shape index (κ1) is 16.5. The lowest BCUT2D eigenvalue weighted by Gasteiger charge is -2.33. The van der Waals surface area contributed by atoms with Gasteiger partial charge in [0.15, 0.2) is 0 Å². The van der Waals surface area contributed by atoms with Crippen LogP contribution in [0.3, 0.4) is 0 Å². The van der Waals surface area contributed by atoms with Crippen LogP contribution in [0.5, 0.6) is 0 Å². The van der Waals surface area contributed by atoms with Crippen LogP contribution in [0.2, 0.25) is 0 Å². The number of carboxylic acid groups (broad SMARTS) is 1. The molecule has 6 nitrogen and oxygen atoms in total. The average Bonchev–Trinajstić information content (AvgIpc) is 2.97. The molecule has 1 aliphatic rings. The van der Waals surface area contributed by atoms with Gasteiger partial charge in [-0.05, 0) is 30.9 Å². The van der Waals surface area contributed by atoms with Gasteiger partial charge in [0.05, 0.1) is 6.42 Å². The highest BCUT2D eigenvalue weighted by molar-refractivity contribution is 5.91. The van der Waals surface area contributed by atoms with Crippen molar-refractivity contribution in [3.8, 4) is 0 Å². The Labute approximate surface area is 140 Å². The van der Waals surface area contributed by atoms with E-state index in [4.69, 9.17) is 9.84 Å². The summed E-state index contributed by atoms with van der Waals surface area (Å²) in [6.07, 6.45) is 3.42. The van der Waals surface area contributed by atoms with E-state index >= 15 is 0 Å². The zero-order chi connectivity index (χ0) is 17.1. The molecule has 1 amide bonds. The Balaban J connectivity index is 1.81. The quantitative estimate of drug-likeness (QED) is 0.879. The smallest absolute Gasteiger partial charge is 0.323 e. The molecule has 0 unspecified atom stereocenters. The number of ether oxygens (including phenoxy) is 1. The summed E-state index contributed by atoms with van der Waals surface area (Å²) in [5.74, 6) is -1.13. The lowest BCUT2D eigenvalue weighted by molar-refractivity contribution is -0.147. The number of aliphatic carboxylic acids is 1. The third-order valence-electron chi connectivity index (χ3n) is 4.61. The van der Waals surface area contributed by atoms with Crippen LogP contribution in [-0.4, -0.2) is 52.7 Å². The number of carboxylic acids is 1. The van der Waals surface area contributed by atoms with Crippen molar-refractivity contribution >= 4 is 22.8 Å². The van der Waals surface area contributed by atoms with E-state index in [1.807, 2.05) is 31.3 Å². The van der Waals surface area contributed by atoms with Crippen LogP contribution in [0.1, 0.15) is 24.0 Å². The molecule has 0 aliphatic carbocycles. The zero-order valence-electron chi connectivity index (χ0n) is 13.7. The normalized spacial score (nSPS) is 15.5. The Morgan fingerprint density at radius 1 is 1.33 bits per heavy atom. The molecule has 6 heteroatoms. The van der Waals surface area contributed by atoms with Gasteiger partial charge in [0.2, 0.25) is 5.91 Å². The van der Waals surface area contributed by atoms with Crippen molar-refractivity contribution in [2.75, 3.05) is 19.8 Å². The maximum Gasteiger partial charge on any atom is 0.323 e. The van der Waals surface area contributed by atoms with Crippen LogP contribution < -0.4 is 0 Å². The van der Waals surface area contributed by atoms with Gasteiger partial charge >= 0.3 is 5.97 Å². The molecule has 0 bridgehead atoms. The lowest BCUT2D eigenvalue weighted by Crippen LogP contribution is -2.46. The average molecular weight is 330 g/mol. The molecule has 2 aromatic rings. The highest BCUT2D eigenvalue weighted by Crippen LogP contribution is 2.23. The van der Waals surface area contributed by atoms with E-state index in [2.05, 4.69) is 4.98 Å². The Hall–Kier alpha value is -2.34. The SMILES string of the molecule is Cc1cccc2c(CC(=O)N(CC(=O)O)C3CCOCC3)c[nH]c12. The van der Waals surface area contributed by atoms with Gasteiger partial charge in [-0.25, -0.2) is 0 Å². The largest absolute Gasteiger partial charge is 0.480 e. The van der Waals surface area contributed by atoms with Crippen molar-refractivity contribution in [2.24, 2.45) is 0 Å². The Kier molecular flexibility index (Phi) is 4.85. The van der Waals surface area contributed by atoms with Gasteiger partial charge in [0.25, 0.3) is 0 Å². The zero-order valence-corrected chi connectivity index (χ0v) is 13.7. The number of benzene rings is 1. The molecule has 0 saturated carbocycles. The van der Waals surface area contributed by atoms with Crippen LogP contribution in [0.25, 0.3) is 10.9 Å². The predicted molar refractivity (Wildman–Crippen MR) is 89.9 cm³/mol. The molecule has 3 rings (SSSR count). The van der Waals surface area contributed by atoms with Crippen molar-refractivity contribution in [2.45, 2.75) is 32.2 Å². The molecular formula is C18H22N2O4. The molecule has 1 saturated heterocycles. The van der Waals surface area contributed by atoms with E-state index in [-0.39, 0.29) is 24.9 Å². The first-order chi connectivity index (χ1) is 11.6. The number of hydrogen-bond acceptors (Lipinski definition) is 3. The second kappa shape index (κ2) is 7.05. The number of carbonyl (C=O) groups excluding carboxylic acids is 1. The van der Waals surface area contributed by atoms with Gasteiger partial charge < -0.3 is 19.7 Å². The molecule has 0 spiro atoms. The number of para-hydroxylation sites is 1. The van der Waals surface area contributed by atoms with Crippen LogP contribution in [-0.2, 0) is 20.7 Å². The summed E-state index contributed by atoms with van der Waals surface area (Å²) >= 11 is 0. The molecule has 128 valence electrons. The molecule has 1 aliphatic heterocycles. The molecule has 1 fully saturated rings. The van der Waals surface area contributed by atoms with Gasteiger partial charge in [-0.15, -0.1) is 0 Å². The minimum Gasteiger partial charge on any atom is -0.480 e. The standard InChI is InChI=1S/C18H22N2O4/c1-12-3-2-4-15-13(10-19-18(12)15)9-16(21)20(11-17(22)23)14-5-7-24-8-6-14/h2-4,10,14,19H,5-9,11H2,1H3,(H,22,23). The number of nitrogens with zero attached hydrogens (tertiary/aromatic N) is 1. The molecule has 0 atom stereocenters. The van der Waals surface area contributed by atoms with Gasteiger partial charge in [-0.2, -0.15) is 0 Å². The summed E-state index contributed by atoms with van der Waals surface area (Å²) in [4.78, 5) is 28.7. The molecule has 1 aromatic heterocycles. The van der Waals surface area contributed by atoms with E-state index in [9.17, 15) is 9.59 Å². The summed E-state index contributed by atoms with van der Waals surface area (Å²) in [6.45, 7) is 2.90. The van der Waals surface area contributed by atoms with Crippen LogP contribution in [0.4, 0.5) is 0 Å². The van der Waals surface area contributed by atoms with Gasteiger partial charge in [-0.1, -0.05) is 18.2 Å². The van der Waals surface area contributed by atoms with Crippen molar-refractivity contribution < 1.29 is 19.4 Å². The number of fused-ring (bicyclic) bond motifs is 1. The summed E-state index contributed by atoms with van der Waals surface area (Å²) in [6, 6.07) is 5.91. The van der Waals surface area contributed by atoms with E-state index in [0.717, 1.165) is 22.0 Å². The number of aryl methyl sites for hydroxylation is 1. The van der Waals surface area contributed by atoms with Crippen molar-refractivity contribution in [1.29, 1.82) is 0 Å². The Morgan fingerprint density at radius 2 is 2.08 bits per heavy atom. The third kappa shape index (κ3) is 3.43. The van der Waals surface area contributed by atoms with E-state index < -0.39 is 5.97 Å². The van der Waals surface area contributed by atoms with Crippen LogP contribution in [0.15, 0.2) is 24.4 Å². The number of hydrogen-bond donors (Lipinski definition) is 2. The number of nitrogens with one attached hydrogen (secondary N) is 1. The molecule has 2 N–H and O–H groups in total. The lowest BCUT2D eigenvalue weighted by atomic mass is 10.0. The second-order valence-corrected chi connectivity index (χ2v) is 6.25. The molecule has 2 heterocycles. The first-order valence-corrected chi connectivity index (χ1v) is 8.21. The summed E-state index contributed by atoms with van der Waals surface area (Å²) in [5.41, 5.74) is 3.05. The van der Waals surface area contributed by atoms with Crippen LogP contribution in [0, 0.1) is 6.92 Å². The van der Waals surface area contributed by atoms with Gasteiger partial charge in [-0.3, -0.25) is 9.59 Å². The number of carbonyl (C=O) groups is 2. The first-order valence-electron chi connectivity index (χ1n) is 8.21. The number of amides is 1. The minimum atomic E-state index is -0.982. The second-order valence-electron chi connectivity index (χ2n) is 6.25. The topological polar surface area (TPSA) is 82.6 Å². The van der Waals surface area contributed by atoms with E-state index in [0.29, 0.717) is 26.1 Å². The Bertz CT molecular complexity index is 747. The van der Waals surface area contributed by atoms with E-state index in [1.165, 1.54) is 4.90 Å². The molecular weight excluding hydrogens is 308 g/mol. The maximum absolute atomic E-state index is 12.8. The van der Waals surface area contributed by atoms with E-state index in [1.54, 1.807) is 0 Å². The van der Waals surface area contributed by atoms with Crippen molar-refractivity contribution in [1.82, 2.24) is 9.88 Å². The highest BCUT2D eigenvalue weighted by Gasteiger charge is 2.28. The number of rotatable bonds is 5. The van der Waals surface area contributed by atoms with Gasteiger partial charge in [0.1, 0.15) is 6.54 Å². The van der Waals surface area contributed by atoms with Crippen LogP contribution >= 0.6 is 0 Å². The fourth-order valence-electron chi connectivity index (χ4n) is 3.34. The molecule has 1 aromatic carbocycles. The number of aromatic amines is 1. The van der Waals surface area contributed by atoms with Gasteiger partial charge in [0, 0.05) is 36.4 Å². The number of aromatic nitrogens is 1. The monoisotopic (exact) mass is 330 g/mol. The Morgan fingerprint density at radius 3 is 2.79 bits per heavy atom.